The molecule has 106 valence electrons. The van der Waals surface area contributed by atoms with Gasteiger partial charge in [-0.05, 0) is 43.9 Å². The summed E-state index contributed by atoms with van der Waals surface area (Å²) in [4.78, 5) is 7.10. The Balaban J connectivity index is 1.78. The van der Waals surface area contributed by atoms with Gasteiger partial charge in [-0.3, -0.25) is 9.88 Å². The van der Waals surface area contributed by atoms with Gasteiger partial charge in [-0.2, -0.15) is 0 Å². The zero-order valence-electron chi connectivity index (χ0n) is 11.8. The molecule has 1 fully saturated rings. The first-order valence-electron chi connectivity index (χ1n) is 7.56. The van der Waals surface area contributed by atoms with Gasteiger partial charge in [-0.25, -0.2) is 0 Å². The topological polar surface area (TPSA) is 36.4 Å². The van der Waals surface area contributed by atoms with Crippen molar-refractivity contribution in [3.8, 4) is 0 Å². The van der Waals surface area contributed by atoms with Gasteiger partial charge in [0.1, 0.15) is 0 Å². The predicted octanol–water partition coefficient (Wildman–Crippen LogP) is 2.97. The molecule has 3 rings (SSSR count). The van der Waals surface area contributed by atoms with E-state index in [-0.39, 0.29) is 0 Å². The average molecular weight is 270 g/mol. The Kier molecular flexibility index (Phi) is 4.28. The first-order valence-corrected chi connectivity index (χ1v) is 7.56. The number of aromatic nitrogens is 1. The Morgan fingerprint density at radius 3 is 3.05 bits per heavy atom. The molecule has 1 saturated heterocycles. The van der Waals surface area contributed by atoms with E-state index in [1.807, 2.05) is 12.3 Å². The van der Waals surface area contributed by atoms with E-state index in [4.69, 9.17) is 5.11 Å². The Morgan fingerprint density at radius 1 is 1.25 bits per heavy atom. The average Bonchev–Trinajstić information content (AvgIpc) is 2.93. The molecule has 3 heteroatoms. The summed E-state index contributed by atoms with van der Waals surface area (Å²) in [6.45, 7) is 2.45. The van der Waals surface area contributed by atoms with Crippen molar-refractivity contribution in [3.63, 3.8) is 0 Å². The largest absolute Gasteiger partial charge is 0.396 e. The highest BCUT2D eigenvalue weighted by Gasteiger charge is 2.24. The lowest BCUT2D eigenvalue weighted by Crippen LogP contribution is -2.29. The van der Waals surface area contributed by atoms with Crippen LogP contribution in [0.5, 0.6) is 0 Å². The highest BCUT2D eigenvalue weighted by molar-refractivity contribution is 5.81. The smallest absolute Gasteiger partial charge is 0.0746 e. The molecule has 20 heavy (non-hydrogen) atoms. The van der Waals surface area contributed by atoms with Crippen LogP contribution in [0.25, 0.3) is 10.9 Å². The second-order valence-corrected chi connectivity index (χ2v) is 5.62. The van der Waals surface area contributed by atoms with Gasteiger partial charge in [0.2, 0.25) is 0 Å². The summed E-state index contributed by atoms with van der Waals surface area (Å²) in [7, 11) is 0. The van der Waals surface area contributed by atoms with Gasteiger partial charge in [-0.15, -0.1) is 0 Å². The number of para-hydroxylation sites is 1. The standard InChI is InChI=1S/C17H22N2O/c20-12-4-9-16-8-3-11-19(16)13-15-6-1-5-14-7-2-10-18-17(14)15/h1-2,5-7,10,16,20H,3-4,8-9,11-13H2. The van der Waals surface area contributed by atoms with Crippen molar-refractivity contribution >= 4 is 10.9 Å². The first kappa shape index (κ1) is 13.5. The molecule has 0 saturated carbocycles. The van der Waals surface area contributed by atoms with Crippen LogP contribution in [0.2, 0.25) is 0 Å². The van der Waals surface area contributed by atoms with Crippen LogP contribution in [0.4, 0.5) is 0 Å². The van der Waals surface area contributed by atoms with E-state index in [0.29, 0.717) is 12.6 Å². The summed E-state index contributed by atoms with van der Waals surface area (Å²) < 4.78 is 0. The number of likely N-dealkylation sites (tertiary alicyclic amines) is 1. The maximum atomic E-state index is 9.02. The first-order chi connectivity index (χ1) is 9.88. The van der Waals surface area contributed by atoms with Gasteiger partial charge >= 0.3 is 0 Å². The number of hydrogen-bond donors (Lipinski definition) is 1. The number of benzene rings is 1. The number of hydrogen-bond acceptors (Lipinski definition) is 3. The summed E-state index contributed by atoms with van der Waals surface area (Å²) in [5.74, 6) is 0. The second-order valence-electron chi connectivity index (χ2n) is 5.62. The van der Waals surface area contributed by atoms with Crippen molar-refractivity contribution in [2.24, 2.45) is 0 Å². The molecule has 0 bridgehead atoms. The van der Waals surface area contributed by atoms with Crippen LogP contribution in [0, 0.1) is 0 Å². The molecule has 0 spiro atoms. The molecule has 1 aliphatic heterocycles. The monoisotopic (exact) mass is 270 g/mol. The fourth-order valence-electron chi connectivity index (χ4n) is 3.27. The van der Waals surface area contributed by atoms with Crippen LogP contribution in [0.15, 0.2) is 36.5 Å². The number of fused-ring (bicyclic) bond motifs is 1. The molecule has 1 N–H and O–H groups in total. The van der Waals surface area contributed by atoms with E-state index in [1.54, 1.807) is 0 Å². The molecule has 1 unspecified atom stereocenters. The Morgan fingerprint density at radius 2 is 2.15 bits per heavy atom. The highest BCUT2D eigenvalue weighted by atomic mass is 16.2. The summed E-state index contributed by atoms with van der Waals surface area (Å²) in [6, 6.07) is 11.2. The number of rotatable bonds is 5. The van der Waals surface area contributed by atoms with E-state index in [0.717, 1.165) is 24.9 Å². The molecule has 1 aliphatic rings. The number of nitrogens with zero attached hydrogens (tertiary/aromatic N) is 2. The summed E-state index contributed by atoms with van der Waals surface area (Å²) in [6.07, 6.45) is 6.43. The molecule has 0 aliphatic carbocycles. The minimum Gasteiger partial charge on any atom is -0.396 e. The molecule has 1 atom stereocenters. The van der Waals surface area contributed by atoms with Gasteiger partial charge in [0.25, 0.3) is 0 Å². The van der Waals surface area contributed by atoms with E-state index in [1.165, 1.54) is 30.3 Å². The summed E-state index contributed by atoms with van der Waals surface area (Å²) in [5.41, 5.74) is 2.45. The Hall–Kier alpha value is -1.45. The molecule has 2 aromatic rings. The van der Waals surface area contributed by atoms with Crippen LogP contribution in [-0.2, 0) is 6.54 Å². The van der Waals surface area contributed by atoms with E-state index >= 15 is 0 Å². The van der Waals surface area contributed by atoms with E-state index in [2.05, 4.69) is 34.1 Å². The molecule has 2 heterocycles. The highest BCUT2D eigenvalue weighted by Crippen LogP contribution is 2.25. The van der Waals surface area contributed by atoms with Crippen molar-refractivity contribution in [2.45, 2.75) is 38.3 Å². The summed E-state index contributed by atoms with van der Waals surface area (Å²) in [5, 5.41) is 10.2. The molecular formula is C17H22N2O. The number of aliphatic hydroxyl groups is 1. The van der Waals surface area contributed by atoms with Gasteiger partial charge in [0.05, 0.1) is 5.52 Å². The molecular weight excluding hydrogens is 248 g/mol. The molecule has 3 nitrogen and oxygen atoms in total. The zero-order valence-corrected chi connectivity index (χ0v) is 11.8. The molecule has 0 radical (unpaired) electrons. The van der Waals surface area contributed by atoms with Crippen molar-refractivity contribution in [1.82, 2.24) is 9.88 Å². The van der Waals surface area contributed by atoms with Gasteiger partial charge in [-0.1, -0.05) is 24.3 Å². The van der Waals surface area contributed by atoms with Crippen LogP contribution < -0.4 is 0 Å². The zero-order chi connectivity index (χ0) is 13.8. The maximum Gasteiger partial charge on any atom is 0.0746 e. The van der Waals surface area contributed by atoms with Gasteiger partial charge in [0, 0.05) is 30.8 Å². The second kappa shape index (κ2) is 6.33. The minimum atomic E-state index is 0.306. The molecule has 1 aromatic carbocycles. The third-order valence-electron chi connectivity index (χ3n) is 4.28. The normalized spacial score (nSPS) is 19.8. The quantitative estimate of drug-likeness (QED) is 0.907. The lowest BCUT2D eigenvalue weighted by atomic mass is 10.1. The van der Waals surface area contributed by atoms with Crippen molar-refractivity contribution in [3.05, 3.63) is 42.1 Å². The Bertz CT molecular complexity index is 564. The third kappa shape index (κ3) is 2.84. The predicted molar refractivity (Wildman–Crippen MR) is 81.5 cm³/mol. The molecule has 0 amide bonds. The lowest BCUT2D eigenvalue weighted by molar-refractivity contribution is 0.210. The number of aliphatic hydroxyl groups excluding tert-OH is 1. The van der Waals surface area contributed by atoms with Crippen molar-refractivity contribution in [2.75, 3.05) is 13.2 Å². The minimum absolute atomic E-state index is 0.306. The number of pyridine rings is 1. The fourth-order valence-corrected chi connectivity index (χ4v) is 3.27. The lowest BCUT2D eigenvalue weighted by Gasteiger charge is -2.24. The van der Waals surface area contributed by atoms with Crippen molar-refractivity contribution < 1.29 is 5.11 Å². The SMILES string of the molecule is OCCCC1CCCN1Cc1cccc2cccnc12. The molecule has 1 aromatic heterocycles. The summed E-state index contributed by atoms with van der Waals surface area (Å²) >= 11 is 0. The van der Waals surface area contributed by atoms with Gasteiger partial charge in [0.15, 0.2) is 0 Å². The van der Waals surface area contributed by atoms with Crippen molar-refractivity contribution in [1.29, 1.82) is 0 Å². The third-order valence-corrected chi connectivity index (χ3v) is 4.28. The van der Waals surface area contributed by atoms with Gasteiger partial charge < -0.3 is 5.11 Å². The van der Waals surface area contributed by atoms with Crippen LogP contribution >= 0.6 is 0 Å². The maximum absolute atomic E-state index is 9.02. The van der Waals surface area contributed by atoms with Crippen LogP contribution in [0.3, 0.4) is 0 Å². The van der Waals surface area contributed by atoms with E-state index in [9.17, 15) is 0 Å². The Labute approximate surface area is 120 Å². The van der Waals surface area contributed by atoms with Crippen LogP contribution in [0.1, 0.15) is 31.2 Å². The van der Waals surface area contributed by atoms with E-state index < -0.39 is 0 Å². The van der Waals surface area contributed by atoms with Crippen LogP contribution in [-0.4, -0.2) is 34.2 Å². The fraction of sp³-hybridized carbons (Fsp3) is 0.471.